The van der Waals surface area contributed by atoms with Crippen LogP contribution in [0.2, 0.25) is 5.02 Å². The van der Waals surface area contributed by atoms with E-state index in [1.165, 1.54) is 0 Å². The number of thiophene rings is 1. The molecule has 2 unspecified atom stereocenters. The molecule has 2 N–H and O–H groups in total. The SMILES string of the molecule is O=C(NCC1COc2ccccc2O1)NC(c1ccc(Cl)cc1)c1ccsc1. The van der Waals surface area contributed by atoms with E-state index in [1.807, 2.05) is 65.4 Å². The fourth-order valence-corrected chi connectivity index (χ4v) is 3.82. The van der Waals surface area contributed by atoms with Crippen LogP contribution in [0.3, 0.4) is 0 Å². The summed E-state index contributed by atoms with van der Waals surface area (Å²) in [6.07, 6.45) is -0.240. The molecule has 0 saturated heterocycles. The van der Waals surface area contributed by atoms with Gasteiger partial charge >= 0.3 is 6.03 Å². The highest BCUT2D eigenvalue weighted by Crippen LogP contribution is 2.30. The number of nitrogens with one attached hydrogen (secondary N) is 2. The van der Waals surface area contributed by atoms with Crippen LogP contribution in [0.1, 0.15) is 17.2 Å². The van der Waals surface area contributed by atoms with Crippen molar-refractivity contribution < 1.29 is 14.3 Å². The van der Waals surface area contributed by atoms with E-state index in [0.29, 0.717) is 23.9 Å². The third-order valence-corrected chi connectivity index (χ3v) is 5.37. The van der Waals surface area contributed by atoms with Crippen molar-refractivity contribution in [1.29, 1.82) is 0 Å². The molecule has 0 saturated carbocycles. The van der Waals surface area contributed by atoms with Crippen LogP contribution in [0.25, 0.3) is 0 Å². The molecule has 144 valence electrons. The number of fused-ring (bicyclic) bond motifs is 1. The van der Waals surface area contributed by atoms with Gasteiger partial charge in [-0.15, -0.1) is 0 Å². The second-order valence-electron chi connectivity index (χ2n) is 6.39. The summed E-state index contributed by atoms with van der Waals surface area (Å²) in [5.74, 6) is 1.42. The molecule has 2 atom stereocenters. The average molecular weight is 415 g/mol. The Morgan fingerprint density at radius 2 is 1.89 bits per heavy atom. The van der Waals surface area contributed by atoms with Crippen LogP contribution in [-0.2, 0) is 0 Å². The first-order chi connectivity index (χ1) is 13.7. The van der Waals surface area contributed by atoms with E-state index >= 15 is 0 Å². The van der Waals surface area contributed by atoms with Gasteiger partial charge in [0, 0.05) is 5.02 Å². The Morgan fingerprint density at radius 1 is 1.11 bits per heavy atom. The van der Waals surface area contributed by atoms with Crippen LogP contribution in [0.4, 0.5) is 4.79 Å². The highest BCUT2D eigenvalue weighted by molar-refractivity contribution is 7.08. The number of benzene rings is 2. The lowest BCUT2D eigenvalue weighted by molar-refractivity contribution is 0.0917. The Labute approximate surface area is 172 Å². The van der Waals surface area contributed by atoms with Gasteiger partial charge in [0.1, 0.15) is 6.61 Å². The molecule has 1 aromatic heterocycles. The maximum Gasteiger partial charge on any atom is 0.315 e. The van der Waals surface area contributed by atoms with E-state index in [4.69, 9.17) is 21.1 Å². The van der Waals surface area contributed by atoms with Crippen molar-refractivity contribution in [2.24, 2.45) is 0 Å². The van der Waals surface area contributed by atoms with E-state index < -0.39 is 0 Å². The van der Waals surface area contributed by atoms with E-state index in [2.05, 4.69) is 10.6 Å². The van der Waals surface area contributed by atoms with Gasteiger partial charge in [-0.3, -0.25) is 0 Å². The van der Waals surface area contributed by atoms with Gasteiger partial charge in [-0.25, -0.2) is 4.79 Å². The number of hydrogen-bond acceptors (Lipinski definition) is 4. The van der Waals surface area contributed by atoms with Crippen LogP contribution >= 0.6 is 22.9 Å². The molecular weight excluding hydrogens is 396 g/mol. The summed E-state index contributed by atoms with van der Waals surface area (Å²) in [6.45, 7) is 0.736. The monoisotopic (exact) mass is 414 g/mol. The molecule has 0 radical (unpaired) electrons. The smallest absolute Gasteiger partial charge is 0.315 e. The lowest BCUT2D eigenvalue weighted by Gasteiger charge is -2.27. The summed E-state index contributed by atoms with van der Waals surface area (Å²) in [7, 11) is 0. The van der Waals surface area contributed by atoms with Gasteiger partial charge in [-0.2, -0.15) is 11.3 Å². The molecule has 3 aromatic rings. The van der Waals surface area contributed by atoms with Crippen LogP contribution < -0.4 is 20.1 Å². The maximum absolute atomic E-state index is 12.5. The fourth-order valence-electron chi connectivity index (χ4n) is 3.01. The van der Waals surface area contributed by atoms with E-state index in [-0.39, 0.29) is 18.2 Å². The number of amides is 2. The summed E-state index contributed by atoms with van der Waals surface area (Å²) in [6, 6.07) is 16.5. The summed E-state index contributed by atoms with van der Waals surface area (Å²) in [4.78, 5) is 12.5. The van der Waals surface area contributed by atoms with E-state index in [0.717, 1.165) is 16.9 Å². The van der Waals surface area contributed by atoms with Gasteiger partial charge in [0.2, 0.25) is 0 Å². The first-order valence-electron chi connectivity index (χ1n) is 8.89. The summed E-state index contributed by atoms with van der Waals surface area (Å²) in [5, 5.41) is 10.6. The second-order valence-corrected chi connectivity index (χ2v) is 7.61. The molecule has 28 heavy (non-hydrogen) atoms. The van der Waals surface area contributed by atoms with E-state index in [9.17, 15) is 4.79 Å². The zero-order valence-electron chi connectivity index (χ0n) is 14.9. The van der Waals surface area contributed by atoms with Gasteiger partial charge < -0.3 is 20.1 Å². The molecule has 1 aliphatic heterocycles. The molecule has 2 amide bonds. The molecule has 7 heteroatoms. The number of hydrogen-bond donors (Lipinski definition) is 2. The van der Waals surface area contributed by atoms with Crippen molar-refractivity contribution >= 4 is 29.0 Å². The normalized spacial score (nSPS) is 16.2. The molecule has 1 aliphatic rings. The van der Waals surface area contributed by atoms with Gasteiger partial charge in [0.15, 0.2) is 17.6 Å². The Balaban J connectivity index is 1.38. The largest absolute Gasteiger partial charge is 0.486 e. The summed E-state index contributed by atoms with van der Waals surface area (Å²) >= 11 is 7.58. The Hall–Kier alpha value is -2.70. The molecule has 5 nitrogen and oxygen atoms in total. The molecule has 2 aromatic carbocycles. The quantitative estimate of drug-likeness (QED) is 0.639. The van der Waals surface area contributed by atoms with Crippen LogP contribution in [0.15, 0.2) is 65.4 Å². The van der Waals surface area contributed by atoms with Gasteiger partial charge in [0.25, 0.3) is 0 Å². The van der Waals surface area contributed by atoms with Crippen LogP contribution in [0, 0.1) is 0 Å². The second kappa shape index (κ2) is 8.54. The predicted molar refractivity (Wildman–Crippen MR) is 111 cm³/mol. The minimum Gasteiger partial charge on any atom is -0.486 e. The molecule has 0 fully saturated rings. The average Bonchev–Trinajstić information content (AvgIpc) is 3.26. The first-order valence-corrected chi connectivity index (χ1v) is 10.2. The summed E-state index contributed by atoms with van der Waals surface area (Å²) < 4.78 is 11.6. The van der Waals surface area contributed by atoms with E-state index in [1.54, 1.807) is 11.3 Å². The zero-order valence-corrected chi connectivity index (χ0v) is 16.5. The van der Waals surface area contributed by atoms with Gasteiger partial charge in [-0.05, 0) is 52.2 Å². The molecule has 2 heterocycles. The number of carbonyl (C=O) groups is 1. The minimum absolute atomic E-state index is 0.240. The number of carbonyl (C=O) groups excluding carboxylic acids is 1. The number of halogens is 1. The van der Waals surface area contributed by atoms with Crippen molar-refractivity contribution in [1.82, 2.24) is 10.6 Å². The van der Waals surface area contributed by atoms with Crippen molar-refractivity contribution in [2.45, 2.75) is 12.1 Å². The van der Waals surface area contributed by atoms with Crippen LogP contribution in [-0.4, -0.2) is 25.3 Å². The molecule has 0 bridgehead atoms. The number of ether oxygens (including phenoxy) is 2. The Bertz CT molecular complexity index is 931. The highest BCUT2D eigenvalue weighted by Gasteiger charge is 2.22. The molecule has 4 rings (SSSR count). The minimum atomic E-state index is -0.270. The maximum atomic E-state index is 12.5. The van der Waals surface area contributed by atoms with Crippen LogP contribution in [0.5, 0.6) is 11.5 Å². The van der Waals surface area contributed by atoms with Crippen molar-refractivity contribution in [3.8, 4) is 11.5 Å². The predicted octanol–water partition coefficient (Wildman–Crippen LogP) is 4.63. The Kier molecular flexibility index (Phi) is 5.69. The lowest BCUT2D eigenvalue weighted by atomic mass is 10.0. The standard InChI is InChI=1S/C21H19ClN2O3S/c22-16-7-5-14(6-8-16)20(15-9-10-28-13-15)24-21(25)23-11-17-12-26-18-3-1-2-4-19(18)27-17/h1-10,13,17,20H,11-12H2,(H2,23,24,25). The lowest BCUT2D eigenvalue weighted by Crippen LogP contribution is -2.45. The fraction of sp³-hybridized carbons (Fsp3) is 0.190. The zero-order chi connectivity index (χ0) is 19.3. The van der Waals surface area contributed by atoms with Crippen molar-refractivity contribution in [2.75, 3.05) is 13.2 Å². The number of rotatable bonds is 5. The summed E-state index contributed by atoms with van der Waals surface area (Å²) in [5.41, 5.74) is 1.98. The van der Waals surface area contributed by atoms with Crippen molar-refractivity contribution in [3.05, 3.63) is 81.5 Å². The first kappa shape index (κ1) is 18.7. The van der Waals surface area contributed by atoms with Gasteiger partial charge in [0.05, 0.1) is 12.6 Å². The topological polar surface area (TPSA) is 59.6 Å². The molecular formula is C21H19ClN2O3S. The van der Waals surface area contributed by atoms with Crippen molar-refractivity contribution in [3.63, 3.8) is 0 Å². The van der Waals surface area contributed by atoms with Gasteiger partial charge in [-0.1, -0.05) is 35.9 Å². The highest BCUT2D eigenvalue weighted by atomic mass is 35.5. The third-order valence-electron chi connectivity index (χ3n) is 4.41. The molecule has 0 spiro atoms. The number of para-hydroxylation sites is 2. The molecule has 0 aliphatic carbocycles. The number of urea groups is 1. The Morgan fingerprint density at radius 3 is 2.64 bits per heavy atom. The third kappa shape index (κ3) is 4.40.